The van der Waals surface area contributed by atoms with E-state index < -0.39 is 23.4 Å². The number of hydrogen-bond acceptors (Lipinski definition) is 5. The summed E-state index contributed by atoms with van der Waals surface area (Å²) >= 11 is 0. The van der Waals surface area contributed by atoms with Gasteiger partial charge in [-0.25, -0.2) is 4.79 Å². The summed E-state index contributed by atoms with van der Waals surface area (Å²) < 4.78 is 4.73. The molecule has 0 aliphatic rings. The zero-order valence-corrected chi connectivity index (χ0v) is 10.6. The minimum Gasteiger partial charge on any atom is -0.452 e. The molecule has 0 aliphatic carbocycles. The normalized spacial score (nSPS) is 10.1. The van der Waals surface area contributed by atoms with Gasteiger partial charge in [0.05, 0.1) is 4.92 Å². The number of ether oxygens (including phenoxy) is 1. The molecule has 19 heavy (non-hydrogen) atoms. The van der Waals surface area contributed by atoms with Gasteiger partial charge in [0.15, 0.2) is 6.61 Å². The van der Waals surface area contributed by atoms with Gasteiger partial charge in [0.2, 0.25) is 0 Å². The van der Waals surface area contributed by atoms with Crippen molar-refractivity contribution in [3.8, 4) is 0 Å². The summed E-state index contributed by atoms with van der Waals surface area (Å²) in [5, 5.41) is 13.3. The minimum atomic E-state index is -0.897. The van der Waals surface area contributed by atoms with Crippen molar-refractivity contribution in [2.45, 2.75) is 19.9 Å². The first-order valence-electron chi connectivity index (χ1n) is 5.61. The fourth-order valence-electron chi connectivity index (χ4n) is 1.38. The smallest absolute Gasteiger partial charge is 0.345 e. The van der Waals surface area contributed by atoms with Gasteiger partial charge in [0.25, 0.3) is 11.6 Å². The summed E-state index contributed by atoms with van der Waals surface area (Å²) in [4.78, 5) is 33.0. The van der Waals surface area contributed by atoms with E-state index in [9.17, 15) is 19.7 Å². The van der Waals surface area contributed by atoms with Gasteiger partial charge in [-0.1, -0.05) is 12.1 Å². The molecule has 7 heteroatoms. The van der Waals surface area contributed by atoms with Gasteiger partial charge in [0, 0.05) is 12.1 Å². The summed E-state index contributed by atoms with van der Waals surface area (Å²) in [6.07, 6.45) is 0. The number of nitrogens with zero attached hydrogens (tertiary/aromatic N) is 1. The molecule has 1 aromatic rings. The molecule has 0 saturated carbocycles. The van der Waals surface area contributed by atoms with Gasteiger partial charge in [-0.15, -0.1) is 0 Å². The summed E-state index contributed by atoms with van der Waals surface area (Å²) in [5.41, 5.74) is -0.526. The maximum atomic E-state index is 11.7. The number of benzene rings is 1. The molecule has 102 valence electrons. The van der Waals surface area contributed by atoms with E-state index in [-0.39, 0.29) is 17.3 Å². The standard InChI is InChI=1S/C12H14N2O5/c1-8(2)13-11(15)7-19-12(16)9-5-3-4-6-10(9)14(17)18/h3-6,8H,7H2,1-2H3,(H,13,15). The maximum Gasteiger partial charge on any atom is 0.345 e. The molecular formula is C12H14N2O5. The van der Waals surface area contributed by atoms with E-state index in [4.69, 9.17) is 4.74 Å². The average molecular weight is 266 g/mol. The third-order valence-corrected chi connectivity index (χ3v) is 2.10. The number of rotatable bonds is 5. The number of para-hydroxylation sites is 1. The summed E-state index contributed by atoms with van der Waals surface area (Å²) in [6, 6.07) is 5.33. The maximum absolute atomic E-state index is 11.7. The van der Waals surface area contributed by atoms with E-state index in [2.05, 4.69) is 5.32 Å². The Hall–Kier alpha value is -2.44. The second kappa shape index (κ2) is 6.48. The SMILES string of the molecule is CC(C)NC(=O)COC(=O)c1ccccc1[N+](=O)[O-]. The second-order valence-electron chi connectivity index (χ2n) is 4.07. The Morgan fingerprint density at radius 1 is 1.37 bits per heavy atom. The fourth-order valence-corrected chi connectivity index (χ4v) is 1.38. The number of hydrogen-bond donors (Lipinski definition) is 1. The Bertz CT molecular complexity index is 499. The van der Waals surface area contributed by atoms with E-state index in [0.717, 1.165) is 0 Å². The predicted octanol–water partition coefficient (Wildman–Crippen LogP) is 1.28. The summed E-state index contributed by atoms with van der Waals surface area (Å²) in [5.74, 6) is -1.35. The highest BCUT2D eigenvalue weighted by Crippen LogP contribution is 2.18. The Morgan fingerprint density at radius 3 is 2.58 bits per heavy atom. The van der Waals surface area contributed by atoms with Gasteiger partial charge < -0.3 is 10.1 Å². The quantitative estimate of drug-likeness (QED) is 0.491. The van der Waals surface area contributed by atoms with E-state index >= 15 is 0 Å². The van der Waals surface area contributed by atoms with Crippen LogP contribution in [0.4, 0.5) is 5.69 Å². The third-order valence-electron chi connectivity index (χ3n) is 2.10. The number of esters is 1. The summed E-state index contributed by atoms with van der Waals surface area (Å²) in [7, 11) is 0. The lowest BCUT2D eigenvalue weighted by Gasteiger charge is -2.08. The lowest BCUT2D eigenvalue weighted by atomic mass is 10.2. The number of carbonyl (C=O) groups excluding carboxylic acids is 2. The first-order chi connectivity index (χ1) is 8.91. The van der Waals surface area contributed by atoms with E-state index in [1.807, 2.05) is 0 Å². The molecule has 1 aromatic carbocycles. The van der Waals surface area contributed by atoms with E-state index in [1.165, 1.54) is 24.3 Å². The van der Waals surface area contributed by atoms with Crippen LogP contribution in [0, 0.1) is 10.1 Å². The molecule has 1 N–H and O–H groups in total. The van der Waals surface area contributed by atoms with Crippen LogP contribution in [0.2, 0.25) is 0 Å². The van der Waals surface area contributed by atoms with Gasteiger partial charge in [0.1, 0.15) is 5.56 Å². The zero-order valence-electron chi connectivity index (χ0n) is 10.6. The second-order valence-corrected chi connectivity index (χ2v) is 4.07. The minimum absolute atomic E-state index is 0.0720. The highest BCUT2D eigenvalue weighted by atomic mass is 16.6. The van der Waals surface area contributed by atoms with E-state index in [0.29, 0.717) is 0 Å². The Balaban J connectivity index is 2.69. The Morgan fingerprint density at radius 2 is 2.00 bits per heavy atom. The largest absolute Gasteiger partial charge is 0.452 e. The first-order valence-corrected chi connectivity index (χ1v) is 5.61. The van der Waals surface area contributed by atoms with Crippen molar-refractivity contribution in [2.75, 3.05) is 6.61 Å². The van der Waals surface area contributed by atoms with Gasteiger partial charge in [-0.3, -0.25) is 14.9 Å². The molecule has 7 nitrogen and oxygen atoms in total. The molecule has 0 atom stereocenters. The molecule has 0 aromatic heterocycles. The number of nitrogens with one attached hydrogen (secondary N) is 1. The monoisotopic (exact) mass is 266 g/mol. The highest BCUT2D eigenvalue weighted by Gasteiger charge is 2.21. The van der Waals surface area contributed by atoms with Crippen molar-refractivity contribution in [1.82, 2.24) is 5.32 Å². The van der Waals surface area contributed by atoms with Crippen molar-refractivity contribution in [3.05, 3.63) is 39.9 Å². The molecule has 0 saturated heterocycles. The third kappa shape index (κ3) is 4.38. The number of carbonyl (C=O) groups is 2. The van der Waals surface area contributed by atoms with Crippen molar-refractivity contribution in [2.24, 2.45) is 0 Å². The highest BCUT2D eigenvalue weighted by molar-refractivity contribution is 5.95. The van der Waals surface area contributed by atoms with Crippen LogP contribution < -0.4 is 5.32 Å². The fraction of sp³-hybridized carbons (Fsp3) is 0.333. The molecule has 1 amide bonds. The first kappa shape index (κ1) is 14.6. The van der Waals surface area contributed by atoms with Crippen LogP contribution in [-0.2, 0) is 9.53 Å². The van der Waals surface area contributed by atoms with Crippen molar-refractivity contribution in [3.63, 3.8) is 0 Å². The number of nitro benzene ring substituents is 1. The Kier molecular flexibility index (Phi) is 4.99. The molecule has 0 aliphatic heterocycles. The number of nitro groups is 1. The summed E-state index contributed by atoms with van der Waals surface area (Å²) in [6.45, 7) is 3.06. The molecule has 0 fully saturated rings. The van der Waals surface area contributed by atoms with Crippen molar-refractivity contribution < 1.29 is 19.2 Å². The lowest BCUT2D eigenvalue weighted by Crippen LogP contribution is -2.34. The van der Waals surface area contributed by atoms with Gasteiger partial charge in [-0.05, 0) is 19.9 Å². The van der Waals surface area contributed by atoms with Crippen LogP contribution in [-0.4, -0.2) is 29.4 Å². The molecular weight excluding hydrogens is 252 g/mol. The molecule has 0 heterocycles. The molecule has 0 bridgehead atoms. The predicted molar refractivity (Wildman–Crippen MR) is 66.7 cm³/mol. The van der Waals surface area contributed by atoms with Crippen molar-refractivity contribution in [1.29, 1.82) is 0 Å². The van der Waals surface area contributed by atoms with Crippen LogP contribution >= 0.6 is 0 Å². The number of amides is 1. The Labute approximate surface area is 109 Å². The molecule has 0 unspecified atom stereocenters. The molecule has 0 spiro atoms. The van der Waals surface area contributed by atoms with Crippen LogP contribution in [0.25, 0.3) is 0 Å². The van der Waals surface area contributed by atoms with Crippen molar-refractivity contribution >= 4 is 17.6 Å². The van der Waals surface area contributed by atoms with Gasteiger partial charge in [-0.2, -0.15) is 0 Å². The van der Waals surface area contributed by atoms with Crippen LogP contribution in [0.1, 0.15) is 24.2 Å². The van der Waals surface area contributed by atoms with Crippen LogP contribution in [0.3, 0.4) is 0 Å². The molecule has 1 rings (SSSR count). The van der Waals surface area contributed by atoms with Crippen LogP contribution in [0.5, 0.6) is 0 Å². The zero-order chi connectivity index (χ0) is 14.4. The molecule has 0 radical (unpaired) electrons. The van der Waals surface area contributed by atoms with Crippen LogP contribution in [0.15, 0.2) is 24.3 Å². The average Bonchev–Trinajstić information content (AvgIpc) is 2.35. The topological polar surface area (TPSA) is 98.5 Å². The lowest BCUT2D eigenvalue weighted by molar-refractivity contribution is -0.385. The van der Waals surface area contributed by atoms with Gasteiger partial charge >= 0.3 is 5.97 Å². The van der Waals surface area contributed by atoms with E-state index in [1.54, 1.807) is 13.8 Å².